The van der Waals surface area contributed by atoms with Crippen molar-refractivity contribution in [2.75, 3.05) is 34.5 Å². The Balaban J connectivity index is 2.84. The number of carbonyl (C=O) groups is 1. The predicted molar refractivity (Wildman–Crippen MR) is 87.8 cm³/mol. The number of esters is 1. The molecule has 2 N–H and O–H groups in total. The zero-order chi connectivity index (χ0) is 17.2. The number of benzene rings is 1. The van der Waals surface area contributed by atoms with E-state index in [1.807, 2.05) is 18.2 Å². The number of carbonyl (C=O) groups excluding carboxylic acids is 1. The van der Waals surface area contributed by atoms with Crippen molar-refractivity contribution < 1.29 is 23.7 Å². The normalized spacial score (nSPS) is 13.3. The first-order valence-corrected chi connectivity index (χ1v) is 7.65. The molecule has 6 nitrogen and oxygen atoms in total. The maximum absolute atomic E-state index is 11.8. The van der Waals surface area contributed by atoms with Gasteiger partial charge in [-0.25, -0.2) is 0 Å². The standard InChI is InChI=1S/C17H27NO5/c1-12(18)14(17(19)22-4)10-13-6-7-15(21-3)16(11-13)23-9-5-8-20-2/h6-7,11-12,14H,5,8-10,18H2,1-4H3. The van der Waals surface area contributed by atoms with Crippen molar-refractivity contribution in [3.63, 3.8) is 0 Å². The SMILES string of the molecule is COCCCOc1cc(CC(C(=O)OC)C(C)N)ccc1OC. The molecule has 0 radical (unpaired) electrons. The van der Waals surface area contributed by atoms with Crippen LogP contribution < -0.4 is 15.2 Å². The fraction of sp³-hybridized carbons (Fsp3) is 0.588. The molecule has 0 aliphatic heterocycles. The van der Waals surface area contributed by atoms with E-state index >= 15 is 0 Å². The summed E-state index contributed by atoms with van der Waals surface area (Å²) in [6, 6.07) is 5.32. The number of ether oxygens (including phenoxy) is 4. The van der Waals surface area contributed by atoms with Crippen molar-refractivity contribution in [3.05, 3.63) is 23.8 Å². The summed E-state index contributed by atoms with van der Waals surface area (Å²) in [6.07, 6.45) is 1.28. The molecule has 0 aromatic heterocycles. The quantitative estimate of drug-likeness (QED) is 0.522. The molecule has 0 saturated carbocycles. The number of hydrogen-bond acceptors (Lipinski definition) is 6. The lowest BCUT2D eigenvalue weighted by Gasteiger charge is -2.19. The minimum absolute atomic E-state index is 0.296. The summed E-state index contributed by atoms with van der Waals surface area (Å²) in [5.74, 6) is 0.601. The largest absolute Gasteiger partial charge is 0.493 e. The Morgan fingerprint density at radius 1 is 1.17 bits per heavy atom. The first kappa shape index (κ1) is 19.3. The number of hydrogen-bond donors (Lipinski definition) is 1. The van der Waals surface area contributed by atoms with Crippen molar-refractivity contribution in [3.8, 4) is 11.5 Å². The fourth-order valence-corrected chi connectivity index (χ4v) is 2.24. The molecule has 0 amide bonds. The molecule has 2 unspecified atom stereocenters. The van der Waals surface area contributed by atoms with Crippen LogP contribution in [0.4, 0.5) is 0 Å². The highest BCUT2D eigenvalue weighted by Crippen LogP contribution is 2.29. The van der Waals surface area contributed by atoms with Crippen LogP contribution in [-0.4, -0.2) is 46.6 Å². The van der Waals surface area contributed by atoms with E-state index < -0.39 is 5.92 Å². The van der Waals surface area contributed by atoms with E-state index in [2.05, 4.69) is 0 Å². The van der Waals surface area contributed by atoms with Crippen molar-refractivity contribution in [1.82, 2.24) is 0 Å². The van der Waals surface area contributed by atoms with Gasteiger partial charge in [-0.15, -0.1) is 0 Å². The second-order valence-corrected chi connectivity index (χ2v) is 5.37. The van der Waals surface area contributed by atoms with Gasteiger partial charge >= 0.3 is 5.97 Å². The molecule has 0 heterocycles. The van der Waals surface area contributed by atoms with Gasteiger partial charge in [-0.05, 0) is 31.0 Å². The summed E-state index contributed by atoms with van der Waals surface area (Å²) in [5, 5.41) is 0. The number of methoxy groups -OCH3 is 3. The van der Waals surface area contributed by atoms with Crippen molar-refractivity contribution >= 4 is 5.97 Å². The third-order valence-corrected chi connectivity index (χ3v) is 3.57. The topological polar surface area (TPSA) is 80.0 Å². The Morgan fingerprint density at radius 3 is 2.48 bits per heavy atom. The van der Waals surface area contributed by atoms with Crippen LogP contribution in [0.15, 0.2) is 18.2 Å². The van der Waals surface area contributed by atoms with E-state index in [9.17, 15) is 4.79 Å². The van der Waals surface area contributed by atoms with Crippen LogP contribution in [0.5, 0.6) is 11.5 Å². The Labute approximate surface area is 137 Å². The van der Waals surface area contributed by atoms with E-state index in [0.717, 1.165) is 12.0 Å². The molecular weight excluding hydrogens is 298 g/mol. The van der Waals surface area contributed by atoms with Crippen molar-refractivity contribution in [1.29, 1.82) is 0 Å². The third kappa shape index (κ3) is 6.08. The average Bonchev–Trinajstić information content (AvgIpc) is 2.55. The Morgan fingerprint density at radius 2 is 1.91 bits per heavy atom. The van der Waals surface area contributed by atoms with E-state index in [0.29, 0.717) is 31.1 Å². The molecule has 1 aromatic carbocycles. The molecule has 0 spiro atoms. The molecule has 1 rings (SSSR count). The molecular formula is C17H27NO5. The zero-order valence-corrected chi connectivity index (χ0v) is 14.3. The van der Waals surface area contributed by atoms with Gasteiger partial charge in [0, 0.05) is 26.2 Å². The van der Waals surface area contributed by atoms with E-state index in [1.54, 1.807) is 21.1 Å². The molecule has 0 bridgehead atoms. The summed E-state index contributed by atoms with van der Waals surface area (Å²) in [6.45, 7) is 2.96. The maximum atomic E-state index is 11.8. The summed E-state index contributed by atoms with van der Waals surface area (Å²) in [4.78, 5) is 11.8. The summed E-state index contributed by atoms with van der Waals surface area (Å²) < 4.78 is 20.9. The van der Waals surface area contributed by atoms with Crippen molar-refractivity contribution in [2.24, 2.45) is 11.7 Å². The molecule has 0 saturated heterocycles. The maximum Gasteiger partial charge on any atom is 0.310 e. The molecule has 1 aromatic rings. The molecule has 23 heavy (non-hydrogen) atoms. The molecule has 6 heteroatoms. The van der Waals surface area contributed by atoms with Crippen LogP contribution >= 0.6 is 0 Å². The molecule has 130 valence electrons. The van der Waals surface area contributed by atoms with E-state index in [-0.39, 0.29) is 12.0 Å². The lowest BCUT2D eigenvalue weighted by molar-refractivity contribution is -0.146. The van der Waals surface area contributed by atoms with Gasteiger partial charge in [0.2, 0.25) is 0 Å². The highest BCUT2D eigenvalue weighted by Gasteiger charge is 2.24. The van der Waals surface area contributed by atoms with Gasteiger partial charge in [0.1, 0.15) is 0 Å². The highest BCUT2D eigenvalue weighted by atomic mass is 16.5. The Kier molecular flexibility index (Phi) is 8.43. The van der Waals surface area contributed by atoms with Crippen LogP contribution in [-0.2, 0) is 20.7 Å². The first-order valence-electron chi connectivity index (χ1n) is 7.65. The molecule has 0 aliphatic carbocycles. The summed E-state index contributed by atoms with van der Waals surface area (Å²) in [5.41, 5.74) is 6.84. The fourth-order valence-electron chi connectivity index (χ4n) is 2.24. The zero-order valence-electron chi connectivity index (χ0n) is 14.3. The van der Waals surface area contributed by atoms with E-state index in [1.165, 1.54) is 7.11 Å². The second-order valence-electron chi connectivity index (χ2n) is 5.37. The van der Waals surface area contributed by atoms with Crippen LogP contribution in [0.25, 0.3) is 0 Å². The molecule has 0 aliphatic rings. The van der Waals surface area contributed by atoms with Gasteiger partial charge in [0.15, 0.2) is 11.5 Å². The average molecular weight is 325 g/mol. The predicted octanol–water partition coefficient (Wildman–Crippen LogP) is 1.79. The third-order valence-electron chi connectivity index (χ3n) is 3.57. The van der Waals surface area contributed by atoms with Crippen LogP contribution in [0.3, 0.4) is 0 Å². The second kappa shape index (κ2) is 10.1. The first-order chi connectivity index (χ1) is 11.0. The van der Waals surface area contributed by atoms with Crippen molar-refractivity contribution in [2.45, 2.75) is 25.8 Å². The van der Waals surface area contributed by atoms with Gasteiger partial charge in [-0.3, -0.25) is 4.79 Å². The van der Waals surface area contributed by atoms with Gasteiger partial charge in [0.05, 0.1) is 26.7 Å². The minimum atomic E-state index is -0.394. The van der Waals surface area contributed by atoms with Crippen LogP contribution in [0.2, 0.25) is 0 Å². The lowest BCUT2D eigenvalue weighted by Crippen LogP contribution is -2.35. The number of nitrogens with two attached hydrogens (primary N) is 1. The van der Waals surface area contributed by atoms with Gasteiger partial charge < -0.3 is 24.7 Å². The smallest absolute Gasteiger partial charge is 0.310 e. The molecule has 0 fully saturated rings. The van der Waals surface area contributed by atoms with Gasteiger partial charge in [-0.1, -0.05) is 6.07 Å². The summed E-state index contributed by atoms with van der Waals surface area (Å²) >= 11 is 0. The highest BCUT2D eigenvalue weighted by molar-refractivity contribution is 5.73. The monoisotopic (exact) mass is 325 g/mol. The van der Waals surface area contributed by atoms with E-state index in [4.69, 9.17) is 24.7 Å². The summed E-state index contributed by atoms with van der Waals surface area (Å²) in [7, 11) is 4.62. The number of rotatable bonds is 10. The molecule has 2 atom stereocenters. The Hall–Kier alpha value is -1.79. The van der Waals surface area contributed by atoms with Gasteiger partial charge in [0.25, 0.3) is 0 Å². The van der Waals surface area contributed by atoms with Crippen LogP contribution in [0.1, 0.15) is 18.9 Å². The minimum Gasteiger partial charge on any atom is -0.493 e. The Bertz CT molecular complexity index is 490. The van der Waals surface area contributed by atoms with Crippen LogP contribution in [0, 0.1) is 5.92 Å². The van der Waals surface area contributed by atoms with Gasteiger partial charge in [-0.2, -0.15) is 0 Å². The lowest BCUT2D eigenvalue weighted by atomic mass is 9.93.